The van der Waals surface area contributed by atoms with Gasteiger partial charge in [-0.2, -0.15) is 0 Å². The molecule has 3 fully saturated rings. The van der Waals surface area contributed by atoms with Crippen LogP contribution in [0.3, 0.4) is 0 Å². The van der Waals surface area contributed by atoms with Crippen molar-refractivity contribution >= 4 is 0 Å². The van der Waals surface area contributed by atoms with E-state index in [-0.39, 0.29) is 0 Å². The van der Waals surface area contributed by atoms with Crippen LogP contribution < -0.4 is 5.73 Å². The molecule has 0 spiro atoms. The van der Waals surface area contributed by atoms with E-state index in [1.54, 1.807) is 0 Å². The number of rotatable bonds is 4. The minimum absolute atomic E-state index is 0.437. The van der Waals surface area contributed by atoms with E-state index < -0.39 is 0 Å². The van der Waals surface area contributed by atoms with Gasteiger partial charge in [0.25, 0.3) is 0 Å². The molecule has 1 heterocycles. The Balaban J connectivity index is 1.43. The van der Waals surface area contributed by atoms with E-state index in [1.807, 2.05) is 0 Å². The van der Waals surface area contributed by atoms with Crippen LogP contribution in [-0.2, 0) is 4.74 Å². The van der Waals surface area contributed by atoms with Crippen LogP contribution in [0.1, 0.15) is 70.6 Å². The molecule has 0 radical (unpaired) electrons. The maximum atomic E-state index is 6.49. The quantitative estimate of drug-likeness (QED) is 0.837. The Bertz CT molecular complexity index is 274. The van der Waals surface area contributed by atoms with Gasteiger partial charge in [0.15, 0.2) is 0 Å². The van der Waals surface area contributed by atoms with Crippen molar-refractivity contribution < 1.29 is 4.74 Å². The molecule has 5 atom stereocenters. The second-order valence-electron chi connectivity index (χ2n) is 7.25. The molecule has 110 valence electrons. The third-order valence-corrected chi connectivity index (χ3v) is 6.03. The van der Waals surface area contributed by atoms with Crippen LogP contribution in [0.2, 0.25) is 0 Å². The molecule has 2 heteroatoms. The van der Waals surface area contributed by atoms with Gasteiger partial charge in [-0.15, -0.1) is 0 Å². The molecule has 1 saturated heterocycles. The van der Waals surface area contributed by atoms with Crippen LogP contribution in [0.15, 0.2) is 0 Å². The fraction of sp³-hybridized carbons (Fsp3) is 1.00. The highest BCUT2D eigenvalue weighted by molar-refractivity contribution is 4.87. The first-order valence-corrected chi connectivity index (χ1v) is 8.70. The fourth-order valence-corrected chi connectivity index (χ4v) is 4.78. The monoisotopic (exact) mass is 265 g/mol. The van der Waals surface area contributed by atoms with Gasteiger partial charge in [-0.25, -0.2) is 0 Å². The van der Waals surface area contributed by atoms with Crippen LogP contribution in [0.25, 0.3) is 0 Å². The lowest BCUT2D eigenvalue weighted by molar-refractivity contribution is 0.0881. The molecule has 19 heavy (non-hydrogen) atoms. The molecule has 1 aliphatic heterocycles. The van der Waals surface area contributed by atoms with E-state index in [0.29, 0.717) is 12.1 Å². The van der Waals surface area contributed by atoms with Crippen LogP contribution in [0.5, 0.6) is 0 Å². The summed E-state index contributed by atoms with van der Waals surface area (Å²) < 4.78 is 5.72. The minimum atomic E-state index is 0.437. The summed E-state index contributed by atoms with van der Waals surface area (Å²) in [6.45, 7) is 0.979. The molecular formula is C17H31NO. The number of hydrogen-bond donors (Lipinski definition) is 1. The van der Waals surface area contributed by atoms with Gasteiger partial charge < -0.3 is 10.5 Å². The molecular weight excluding hydrogens is 234 g/mol. The highest BCUT2D eigenvalue weighted by Gasteiger charge is 2.34. The van der Waals surface area contributed by atoms with Gasteiger partial charge in [0.1, 0.15) is 0 Å². The molecule has 2 nitrogen and oxygen atoms in total. The molecule has 2 N–H and O–H groups in total. The van der Waals surface area contributed by atoms with Gasteiger partial charge in [0.05, 0.1) is 6.10 Å². The summed E-state index contributed by atoms with van der Waals surface area (Å²) in [5, 5.41) is 0. The van der Waals surface area contributed by atoms with Crippen LogP contribution in [0.4, 0.5) is 0 Å². The Morgan fingerprint density at radius 2 is 1.79 bits per heavy atom. The Hall–Kier alpha value is -0.0800. The largest absolute Gasteiger partial charge is 0.378 e. The van der Waals surface area contributed by atoms with E-state index in [0.717, 1.165) is 24.4 Å². The van der Waals surface area contributed by atoms with Crippen molar-refractivity contribution in [2.24, 2.45) is 23.5 Å². The van der Waals surface area contributed by atoms with Gasteiger partial charge in [0, 0.05) is 12.6 Å². The van der Waals surface area contributed by atoms with Crippen molar-refractivity contribution in [2.45, 2.75) is 82.8 Å². The maximum absolute atomic E-state index is 6.49. The van der Waals surface area contributed by atoms with Crippen LogP contribution >= 0.6 is 0 Å². The zero-order valence-corrected chi connectivity index (χ0v) is 12.4. The molecule has 0 bridgehead atoms. The third kappa shape index (κ3) is 3.52. The number of nitrogens with two attached hydrogens (primary N) is 1. The van der Waals surface area contributed by atoms with E-state index in [2.05, 4.69) is 0 Å². The predicted octanol–water partition coefficient (Wildman–Crippen LogP) is 3.88. The SMILES string of the molecule is NC(CCC1CCCO1)C1CCC2CCCCC2C1. The lowest BCUT2D eigenvalue weighted by atomic mass is 9.66. The molecule has 5 unspecified atom stereocenters. The van der Waals surface area contributed by atoms with E-state index in [1.165, 1.54) is 70.6 Å². The fourth-order valence-electron chi connectivity index (χ4n) is 4.78. The summed E-state index contributed by atoms with van der Waals surface area (Å²) in [7, 11) is 0. The van der Waals surface area contributed by atoms with Gasteiger partial charge in [0.2, 0.25) is 0 Å². The van der Waals surface area contributed by atoms with Crippen molar-refractivity contribution in [1.29, 1.82) is 0 Å². The van der Waals surface area contributed by atoms with Crippen LogP contribution in [-0.4, -0.2) is 18.8 Å². The summed E-state index contributed by atoms with van der Waals surface area (Å²) in [4.78, 5) is 0. The van der Waals surface area contributed by atoms with E-state index >= 15 is 0 Å². The highest BCUT2D eigenvalue weighted by atomic mass is 16.5. The molecule has 0 amide bonds. The minimum Gasteiger partial charge on any atom is -0.378 e. The Morgan fingerprint density at radius 1 is 0.947 bits per heavy atom. The summed E-state index contributed by atoms with van der Waals surface area (Å²) in [5.74, 6) is 2.87. The summed E-state index contributed by atoms with van der Waals surface area (Å²) in [5.41, 5.74) is 6.49. The molecule has 2 aliphatic carbocycles. The van der Waals surface area contributed by atoms with E-state index in [4.69, 9.17) is 10.5 Å². The summed E-state index contributed by atoms with van der Waals surface area (Å²) >= 11 is 0. The average Bonchev–Trinajstić information content (AvgIpc) is 2.97. The maximum Gasteiger partial charge on any atom is 0.0576 e. The Kier molecular flexibility index (Phi) is 4.81. The normalized spacial score (nSPS) is 40.9. The Labute approximate surface area is 118 Å². The van der Waals surface area contributed by atoms with Crippen molar-refractivity contribution in [3.8, 4) is 0 Å². The smallest absolute Gasteiger partial charge is 0.0576 e. The lowest BCUT2D eigenvalue weighted by Gasteiger charge is -2.41. The zero-order valence-electron chi connectivity index (χ0n) is 12.4. The second-order valence-corrected chi connectivity index (χ2v) is 7.25. The van der Waals surface area contributed by atoms with Gasteiger partial charge in [-0.1, -0.05) is 25.7 Å². The van der Waals surface area contributed by atoms with Crippen molar-refractivity contribution in [3.63, 3.8) is 0 Å². The molecule has 0 aromatic heterocycles. The summed E-state index contributed by atoms with van der Waals surface area (Å²) in [6, 6.07) is 0.437. The predicted molar refractivity (Wildman–Crippen MR) is 79.0 cm³/mol. The second kappa shape index (κ2) is 6.58. The van der Waals surface area contributed by atoms with Gasteiger partial charge in [-0.05, 0) is 62.7 Å². The van der Waals surface area contributed by atoms with E-state index in [9.17, 15) is 0 Å². The number of hydrogen-bond acceptors (Lipinski definition) is 2. The third-order valence-electron chi connectivity index (χ3n) is 6.03. The van der Waals surface area contributed by atoms with Crippen molar-refractivity contribution in [2.75, 3.05) is 6.61 Å². The first kappa shape index (κ1) is 13.9. The van der Waals surface area contributed by atoms with Crippen LogP contribution in [0, 0.1) is 17.8 Å². The molecule has 3 rings (SSSR count). The molecule has 0 aromatic rings. The average molecular weight is 265 g/mol. The summed E-state index contributed by atoms with van der Waals surface area (Å²) in [6.07, 6.45) is 15.7. The molecule has 0 aromatic carbocycles. The van der Waals surface area contributed by atoms with Gasteiger partial charge >= 0.3 is 0 Å². The molecule has 3 aliphatic rings. The number of ether oxygens (including phenoxy) is 1. The zero-order chi connectivity index (χ0) is 13.1. The standard InChI is InChI=1S/C17H31NO/c18-17(10-9-16-6-3-11-19-16)15-8-7-13-4-1-2-5-14(13)12-15/h13-17H,1-12,18H2. The first-order chi connectivity index (χ1) is 9.33. The Morgan fingerprint density at radius 3 is 2.58 bits per heavy atom. The lowest BCUT2D eigenvalue weighted by Crippen LogP contribution is -2.38. The topological polar surface area (TPSA) is 35.2 Å². The van der Waals surface area contributed by atoms with Crippen molar-refractivity contribution in [3.05, 3.63) is 0 Å². The van der Waals surface area contributed by atoms with Gasteiger partial charge in [-0.3, -0.25) is 0 Å². The molecule has 2 saturated carbocycles. The highest BCUT2D eigenvalue weighted by Crippen LogP contribution is 2.43. The number of fused-ring (bicyclic) bond motifs is 1. The first-order valence-electron chi connectivity index (χ1n) is 8.70. The van der Waals surface area contributed by atoms with Crippen molar-refractivity contribution in [1.82, 2.24) is 0 Å².